The smallest absolute Gasteiger partial charge is 0.255 e. The fraction of sp³-hybridized carbons (Fsp3) is 0.500. The summed E-state index contributed by atoms with van der Waals surface area (Å²) in [5.41, 5.74) is -0.613. The molecular weight excluding hydrogens is 493 g/mol. The summed E-state index contributed by atoms with van der Waals surface area (Å²) in [5, 5.41) is -0.421. The van der Waals surface area contributed by atoms with E-state index in [1.807, 2.05) is 0 Å². The third-order valence-corrected chi connectivity index (χ3v) is 9.98. The van der Waals surface area contributed by atoms with Crippen molar-refractivity contribution in [2.75, 3.05) is 6.61 Å². The number of carbonyl (C=O) groups is 1. The van der Waals surface area contributed by atoms with Crippen LogP contribution in [-0.4, -0.2) is 54.8 Å². The predicted octanol–water partition coefficient (Wildman–Crippen LogP) is 3.54. The van der Waals surface area contributed by atoms with Crippen LogP contribution in [0, 0.1) is 23.4 Å². The predicted molar refractivity (Wildman–Crippen MR) is 126 cm³/mol. The Bertz CT molecular complexity index is 1320. The minimum atomic E-state index is -3.55. The molecule has 36 heavy (non-hydrogen) atoms. The Hall–Kier alpha value is -2.43. The van der Waals surface area contributed by atoms with Crippen LogP contribution in [0.2, 0.25) is 0 Å². The lowest BCUT2D eigenvalue weighted by molar-refractivity contribution is -0.183. The summed E-state index contributed by atoms with van der Waals surface area (Å²) in [6, 6.07) is 6.18. The normalized spacial score (nSPS) is 31.2. The molecule has 2 aliphatic heterocycles. The molecule has 0 bridgehead atoms. The SMILES string of the molecule is C[C@@]1(C(=O)N2[C@@H]3C[C@@H]3[C@@H](NS(=O)(=O)C3CC3)[C@H]2Cc2cccc(-c3cc(F)cc(F)c3)c2F)CCO1. The molecule has 4 aliphatic rings. The lowest BCUT2D eigenvalue weighted by atomic mass is 9.91. The van der Waals surface area contributed by atoms with E-state index in [0.29, 0.717) is 32.3 Å². The molecule has 2 aromatic carbocycles. The Morgan fingerprint density at radius 1 is 1.17 bits per heavy atom. The molecule has 2 heterocycles. The van der Waals surface area contributed by atoms with Crippen molar-refractivity contribution in [2.24, 2.45) is 5.92 Å². The number of nitrogens with zero attached hydrogens (tertiary/aromatic N) is 1. The maximum absolute atomic E-state index is 15.7. The van der Waals surface area contributed by atoms with Crippen molar-refractivity contribution in [3.05, 3.63) is 59.4 Å². The van der Waals surface area contributed by atoms with Gasteiger partial charge in [0.2, 0.25) is 10.0 Å². The maximum Gasteiger partial charge on any atom is 0.255 e. The second kappa shape index (κ2) is 8.29. The van der Waals surface area contributed by atoms with Crippen LogP contribution in [0.4, 0.5) is 13.2 Å². The zero-order valence-electron chi connectivity index (χ0n) is 19.7. The zero-order valence-corrected chi connectivity index (χ0v) is 20.5. The summed E-state index contributed by atoms with van der Waals surface area (Å²) in [7, 11) is -3.55. The lowest BCUT2D eigenvalue weighted by Gasteiger charge is -2.43. The summed E-state index contributed by atoms with van der Waals surface area (Å²) in [6.45, 7) is 2.21. The van der Waals surface area contributed by atoms with E-state index in [1.54, 1.807) is 24.0 Å². The molecular formula is C26H27F3N2O4S. The number of halogens is 3. The van der Waals surface area contributed by atoms with Crippen molar-refractivity contribution in [3.63, 3.8) is 0 Å². The topological polar surface area (TPSA) is 75.7 Å². The van der Waals surface area contributed by atoms with Gasteiger partial charge in [-0.2, -0.15) is 0 Å². The number of hydrogen-bond acceptors (Lipinski definition) is 4. The van der Waals surface area contributed by atoms with E-state index in [9.17, 15) is 22.0 Å². The average molecular weight is 521 g/mol. The van der Waals surface area contributed by atoms with Gasteiger partial charge in [-0.1, -0.05) is 18.2 Å². The zero-order chi connectivity index (χ0) is 25.4. The van der Waals surface area contributed by atoms with Gasteiger partial charge < -0.3 is 9.64 Å². The number of rotatable bonds is 7. The summed E-state index contributed by atoms with van der Waals surface area (Å²) in [6.07, 6.45) is 2.53. The Morgan fingerprint density at radius 3 is 2.47 bits per heavy atom. The van der Waals surface area contributed by atoms with E-state index in [0.717, 1.165) is 18.2 Å². The lowest BCUT2D eigenvalue weighted by Crippen LogP contribution is -2.60. The Morgan fingerprint density at radius 2 is 1.86 bits per heavy atom. The van der Waals surface area contributed by atoms with E-state index in [1.165, 1.54) is 6.07 Å². The highest BCUT2D eigenvalue weighted by molar-refractivity contribution is 7.90. The minimum absolute atomic E-state index is 0.0383. The molecule has 2 saturated heterocycles. The number of likely N-dealkylation sites (tertiary alicyclic amines) is 1. The highest BCUT2D eigenvalue weighted by atomic mass is 32.2. The molecule has 0 unspecified atom stereocenters. The Labute approximate surface area is 207 Å². The fourth-order valence-electron chi connectivity index (χ4n) is 5.71. The second-order valence-corrected chi connectivity index (χ2v) is 12.6. The summed E-state index contributed by atoms with van der Waals surface area (Å²) < 4.78 is 77.4. The quantitative estimate of drug-likeness (QED) is 0.606. The number of nitrogens with one attached hydrogen (secondary N) is 1. The monoisotopic (exact) mass is 520 g/mol. The Kier molecular flexibility index (Phi) is 5.51. The van der Waals surface area contributed by atoms with Crippen LogP contribution in [0.5, 0.6) is 0 Å². The van der Waals surface area contributed by atoms with Crippen LogP contribution in [0.3, 0.4) is 0 Å². The van der Waals surface area contributed by atoms with Crippen molar-refractivity contribution in [3.8, 4) is 11.1 Å². The molecule has 6 nitrogen and oxygen atoms in total. The van der Waals surface area contributed by atoms with Gasteiger partial charge >= 0.3 is 0 Å². The first-order valence-corrected chi connectivity index (χ1v) is 13.8. The van der Waals surface area contributed by atoms with Gasteiger partial charge in [-0.25, -0.2) is 26.3 Å². The first-order valence-electron chi connectivity index (χ1n) is 12.3. The average Bonchev–Trinajstić information content (AvgIpc) is 3.70. The Balaban J connectivity index is 1.35. The number of benzene rings is 2. The van der Waals surface area contributed by atoms with Gasteiger partial charge in [0.25, 0.3) is 5.91 Å². The summed E-state index contributed by atoms with van der Waals surface area (Å²) >= 11 is 0. The number of hydrogen-bond donors (Lipinski definition) is 1. The summed E-state index contributed by atoms with van der Waals surface area (Å²) in [4.78, 5) is 15.2. The number of carbonyl (C=O) groups excluding carboxylic acids is 1. The first kappa shape index (κ1) is 23.9. The molecule has 4 fully saturated rings. The molecule has 0 spiro atoms. The van der Waals surface area contributed by atoms with Crippen LogP contribution in [0.15, 0.2) is 36.4 Å². The van der Waals surface area contributed by atoms with Gasteiger partial charge in [0.05, 0.1) is 17.9 Å². The van der Waals surface area contributed by atoms with Crippen LogP contribution in [-0.2, 0) is 26.0 Å². The van der Waals surface area contributed by atoms with Gasteiger partial charge in [-0.05, 0) is 61.8 Å². The maximum atomic E-state index is 15.7. The standard InChI is InChI=1S/C26H27F3N2O4S/c1-26(7-8-35-26)25(32)31-21-13-20(21)24(30-36(33,34)18-5-6-18)22(31)11-14-3-2-4-19(23(14)29)15-9-16(27)12-17(28)10-15/h2-4,9-10,12,18,20-22,24,30H,5-8,11,13H2,1H3/t20-,21+,22+,24+,26-/m0/s1. The van der Waals surface area contributed by atoms with Crippen LogP contribution in [0.1, 0.15) is 38.2 Å². The molecule has 0 radical (unpaired) electrons. The van der Waals surface area contributed by atoms with E-state index in [2.05, 4.69) is 4.72 Å². The molecule has 5 atom stereocenters. The van der Waals surface area contributed by atoms with E-state index < -0.39 is 50.4 Å². The first-order chi connectivity index (χ1) is 17.1. The molecule has 2 aliphatic carbocycles. The number of fused-ring (bicyclic) bond motifs is 1. The van der Waals surface area contributed by atoms with Crippen molar-refractivity contribution in [2.45, 2.75) is 68.0 Å². The molecule has 1 N–H and O–H groups in total. The number of ether oxygens (including phenoxy) is 1. The minimum Gasteiger partial charge on any atom is -0.365 e. The number of amides is 1. The molecule has 10 heteroatoms. The second-order valence-electron chi connectivity index (χ2n) is 10.6. The van der Waals surface area contributed by atoms with Gasteiger partial charge in [0.15, 0.2) is 0 Å². The molecule has 2 aromatic rings. The van der Waals surface area contributed by atoms with Crippen molar-refractivity contribution < 1.29 is 31.1 Å². The van der Waals surface area contributed by atoms with Crippen LogP contribution < -0.4 is 4.72 Å². The van der Waals surface area contributed by atoms with Crippen LogP contribution in [0.25, 0.3) is 11.1 Å². The molecule has 1 amide bonds. The van der Waals surface area contributed by atoms with Gasteiger partial charge in [-0.3, -0.25) is 4.79 Å². The highest BCUT2D eigenvalue weighted by Crippen LogP contribution is 2.51. The number of piperidine rings is 1. The van der Waals surface area contributed by atoms with Gasteiger partial charge in [-0.15, -0.1) is 0 Å². The summed E-state index contributed by atoms with van der Waals surface area (Å²) in [5.74, 6) is -2.52. The van der Waals surface area contributed by atoms with Crippen molar-refractivity contribution in [1.82, 2.24) is 9.62 Å². The van der Waals surface area contributed by atoms with Crippen LogP contribution >= 0.6 is 0 Å². The molecule has 6 rings (SSSR count). The third kappa shape index (κ3) is 4.03. The largest absolute Gasteiger partial charge is 0.365 e. The third-order valence-electron chi connectivity index (χ3n) is 8.03. The molecule has 2 saturated carbocycles. The number of sulfonamides is 1. The van der Waals surface area contributed by atoms with E-state index in [4.69, 9.17) is 4.74 Å². The van der Waals surface area contributed by atoms with Crippen molar-refractivity contribution >= 4 is 15.9 Å². The van der Waals surface area contributed by atoms with Crippen molar-refractivity contribution in [1.29, 1.82) is 0 Å². The van der Waals surface area contributed by atoms with Gasteiger partial charge in [0.1, 0.15) is 23.1 Å². The molecule has 192 valence electrons. The van der Waals surface area contributed by atoms with E-state index in [-0.39, 0.29) is 41.0 Å². The molecule has 0 aromatic heterocycles. The highest BCUT2D eigenvalue weighted by Gasteiger charge is 2.63. The van der Waals surface area contributed by atoms with Gasteiger partial charge in [0, 0.05) is 30.1 Å². The van der Waals surface area contributed by atoms with E-state index >= 15 is 4.39 Å². The fourth-order valence-corrected chi connectivity index (χ4v) is 7.37.